The molecule has 0 spiro atoms. The zero-order valence-electron chi connectivity index (χ0n) is 10.4. The summed E-state index contributed by atoms with van der Waals surface area (Å²) in [7, 11) is -3.69. The van der Waals surface area contributed by atoms with Crippen LogP contribution in [0.2, 0.25) is 0 Å². The third-order valence-corrected chi connectivity index (χ3v) is 4.24. The number of nitrogens with zero attached hydrogens (tertiary/aromatic N) is 3. The number of nitrogens with one attached hydrogen (secondary N) is 2. The number of H-pyrrole nitrogens is 1. The monoisotopic (exact) mass is 285 g/mol. The number of aliphatic hydroxyl groups excluding tert-OH is 1. The van der Waals surface area contributed by atoms with Crippen LogP contribution in [-0.4, -0.2) is 40.0 Å². The zero-order valence-corrected chi connectivity index (χ0v) is 11.2. The van der Waals surface area contributed by atoms with Gasteiger partial charge in [0.05, 0.1) is 18.8 Å². The number of aromatic nitrogens is 4. The van der Waals surface area contributed by atoms with E-state index in [0.29, 0.717) is 12.2 Å². The van der Waals surface area contributed by atoms with Crippen LogP contribution in [0, 0.1) is 6.92 Å². The number of aryl methyl sites for hydroxylation is 1. The highest BCUT2D eigenvalue weighted by Gasteiger charge is 2.23. The maximum absolute atomic E-state index is 12.1. The van der Waals surface area contributed by atoms with Crippen molar-refractivity contribution in [2.24, 2.45) is 0 Å². The standard InChI is InChI=1S/C10H15N5O3S/c1-8-10(9(7-16)14-13-8)19(17,18)12-4-6-15-5-2-3-11-15/h2-3,5,12,16H,4,6-7H2,1H3,(H,13,14). The van der Waals surface area contributed by atoms with Crippen LogP contribution < -0.4 is 4.72 Å². The second-order valence-corrected chi connectivity index (χ2v) is 5.65. The summed E-state index contributed by atoms with van der Waals surface area (Å²) in [6, 6.07) is 1.76. The van der Waals surface area contributed by atoms with E-state index >= 15 is 0 Å². The number of sulfonamides is 1. The SMILES string of the molecule is Cc1[nH]nc(CO)c1S(=O)(=O)NCCn1cccn1. The Balaban J connectivity index is 2.07. The number of aromatic amines is 1. The Bertz CT molecular complexity index is 632. The summed E-state index contributed by atoms with van der Waals surface area (Å²) in [5.41, 5.74) is 0.514. The Labute approximate surface area is 110 Å². The first-order chi connectivity index (χ1) is 9.04. The Morgan fingerprint density at radius 1 is 1.53 bits per heavy atom. The summed E-state index contributed by atoms with van der Waals surface area (Å²) in [4.78, 5) is 0.00969. The van der Waals surface area contributed by atoms with Crippen LogP contribution in [-0.2, 0) is 23.2 Å². The zero-order chi connectivity index (χ0) is 13.9. The van der Waals surface area contributed by atoms with Crippen LogP contribution >= 0.6 is 0 Å². The molecular weight excluding hydrogens is 270 g/mol. The molecule has 2 aromatic rings. The van der Waals surface area contributed by atoms with Crippen LogP contribution in [0.1, 0.15) is 11.4 Å². The smallest absolute Gasteiger partial charge is 0.244 e. The number of hydrogen-bond acceptors (Lipinski definition) is 5. The first-order valence-electron chi connectivity index (χ1n) is 5.66. The fraction of sp³-hybridized carbons (Fsp3) is 0.400. The van der Waals surface area contributed by atoms with E-state index in [-0.39, 0.29) is 17.1 Å². The Morgan fingerprint density at radius 2 is 2.32 bits per heavy atom. The topological polar surface area (TPSA) is 113 Å². The van der Waals surface area contributed by atoms with Gasteiger partial charge in [-0.1, -0.05) is 0 Å². The van der Waals surface area contributed by atoms with Gasteiger partial charge in [-0.2, -0.15) is 10.2 Å². The summed E-state index contributed by atoms with van der Waals surface area (Å²) in [6.07, 6.45) is 3.37. The fourth-order valence-corrected chi connectivity index (χ4v) is 3.11. The number of rotatable bonds is 6. The van der Waals surface area contributed by atoms with Crippen molar-refractivity contribution >= 4 is 10.0 Å². The van der Waals surface area contributed by atoms with Crippen molar-refractivity contribution in [1.29, 1.82) is 0 Å². The van der Waals surface area contributed by atoms with Gasteiger partial charge in [0, 0.05) is 18.9 Å². The van der Waals surface area contributed by atoms with E-state index in [2.05, 4.69) is 20.0 Å². The molecule has 2 aromatic heterocycles. The molecule has 0 radical (unpaired) electrons. The molecule has 0 aliphatic heterocycles. The molecule has 9 heteroatoms. The summed E-state index contributed by atoms with van der Waals surface area (Å²) in [5.74, 6) is 0. The average molecular weight is 285 g/mol. The Morgan fingerprint density at radius 3 is 2.95 bits per heavy atom. The normalized spacial score (nSPS) is 11.9. The van der Waals surface area contributed by atoms with Crippen molar-refractivity contribution in [2.45, 2.75) is 25.0 Å². The molecule has 8 nitrogen and oxygen atoms in total. The quantitative estimate of drug-likeness (QED) is 0.655. The van der Waals surface area contributed by atoms with Gasteiger partial charge in [0.2, 0.25) is 10.0 Å². The van der Waals surface area contributed by atoms with E-state index < -0.39 is 16.6 Å². The van der Waals surface area contributed by atoms with Gasteiger partial charge in [-0.3, -0.25) is 9.78 Å². The van der Waals surface area contributed by atoms with E-state index in [0.717, 1.165) is 0 Å². The molecule has 104 valence electrons. The lowest BCUT2D eigenvalue weighted by atomic mass is 10.4. The van der Waals surface area contributed by atoms with Crippen molar-refractivity contribution in [3.05, 3.63) is 29.8 Å². The van der Waals surface area contributed by atoms with Crippen LogP contribution in [0.5, 0.6) is 0 Å². The van der Waals surface area contributed by atoms with Crippen LogP contribution in [0.4, 0.5) is 0 Å². The molecule has 0 saturated heterocycles. The molecular formula is C10H15N5O3S. The lowest BCUT2D eigenvalue weighted by molar-refractivity contribution is 0.273. The van der Waals surface area contributed by atoms with Gasteiger partial charge in [-0.05, 0) is 13.0 Å². The molecule has 19 heavy (non-hydrogen) atoms. The van der Waals surface area contributed by atoms with Gasteiger partial charge >= 0.3 is 0 Å². The maximum Gasteiger partial charge on any atom is 0.244 e. The number of aliphatic hydroxyl groups is 1. The predicted octanol–water partition coefficient (Wildman–Crippen LogP) is -0.615. The van der Waals surface area contributed by atoms with Crippen LogP contribution in [0.25, 0.3) is 0 Å². The van der Waals surface area contributed by atoms with E-state index in [1.807, 2.05) is 0 Å². The molecule has 3 N–H and O–H groups in total. The molecule has 0 aromatic carbocycles. The number of hydrogen-bond donors (Lipinski definition) is 3. The molecule has 2 rings (SSSR count). The fourth-order valence-electron chi connectivity index (χ4n) is 1.73. The molecule has 0 atom stereocenters. The minimum absolute atomic E-state index is 0.00969. The Kier molecular flexibility index (Phi) is 3.98. The van der Waals surface area contributed by atoms with Gasteiger partial charge in [0.15, 0.2) is 0 Å². The second-order valence-electron chi connectivity index (χ2n) is 3.95. The van der Waals surface area contributed by atoms with Crippen LogP contribution in [0.15, 0.2) is 23.4 Å². The minimum Gasteiger partial charge on any atom is -0.390 e. The largest absolute Gasteiger partial charge is 0.390 e. The highest BCUT2D eigenvalue weighted by Crippen LogP contribution is 2.16. The summed E-state index contributed by atoms with van der Waals surface area (Å²) < 4.78 is 28.3. The van der Waals surface area contributed by atoms with Crippen molar-refractivity contribution in [3.63, 3.8) is 0 Å². The van der Waals surface area contributed by atoms with Crippen molar-refractivity contribution in [2.75, 3.05) is 6.54 Å². The average Bonchev–Trinajstić information content (AvgIpc) is 2.98. The van der Waals surface area contributed by atoms with Crippen molar-refractivity contribution in [1.82, 2.24) is 24.7 Å². The van der Waals surface area contributed by atoms with Gasteiger partial charge in [-0.25, -0.2) is 13.1 Å². The summed E-state index contributed by atoms with van der Waals surface area (Å²) >= 11 is 0. The third kappa shape index (κ3) is 3.00. The van der Waals surface area contributed by atoms with Gasteiger partial charge in [-0.15, -0.1) is 0 Å². The molecule has 0 bridgehead atoms. The maximum atomic E-state index is 12.1. The van der Waals surface area contributed by atoms with Crippen molar-refractivity contribution < 1.29 is 13.5 Å². The predicted molar refractivity (Wildman–Crippen MR) is 66.7 cm³/mol. The van der Waals surface area contributed by atoms with Gasteiger partial charge in [0.1, 0.15) is 10.6 Å². The van der Waals surface area contributed by atoms with Gasteiger partial charge < -0.3 is 5.11 Å². The molecule has 0 saturated carbocycles. The molecule has 2 heterocycles. The summed E-state index contributed by atoms with van der Waals surface area (Å²) in [5, 5.41) is 19.4. The second kappa shape index (κ2) is 5.51. The van der Waals surface area contributed by atoms with E-state index in [4.69, 9.17) is 5.11 Å². The Hall–Kier alpha value is -1.71. The lowest BCUT2D eigenvalue weighted by Gasteiger charge is -2.07. The minimum atomic E-state index is -3.69. The lowest BCUT2D eigenvalue weighted by Crippen LogP contribution is -2.28. The molecule has 0 unspecified atom stereocenters. The van der Waals surface area contributed by atoms with E-state index in [1.54, 1.807) is 30.1 Å². The van der Waals surface area contributed by atoms with Crippen molar-refractivity contribution in [3.8, 4) is 0 Å². The molecule has 0 aliphatic rings. The first kappa shape index (κ1) is 13.7. The first-order valence-corrected chi connectivity index (χ1v) is 7.14. The molecule has 0 amide bonds. The van der Waals surface area contributed by atoms with E-state index in [9.17, 15) is 8.42 Å². The summed E-state index contributed by atoms with van der Waals surface area (Å²) in [6.45, 7) is 1.80. The van der Waals surface area contributed by atoms with Gasteiger partial charge in [0.25, 0.3) is 0 Å². The molecule has 0 fully saturated rings. The highest BCUT2D eigenvalue weighted by molar-refractivity contribution is 7.89. The highest BCUT2D eigenvalue weighted by atomic mass is 32.2. The molecule has 0 aliphatic carbocycles. The van der Waals surface area contributed by atoms with Crippen LogP contribution in [0.3, 0.4) is 0 Å². The van der Waals surface area contributed by atoms with E-state index in [1.165, 1.54) is 0 Å². The third-order valence-electron chi connectivity index (χ3n) is 2.57.